The largest absolute Gasteiger partial charge is 0.462 e. The average Bonchev–Trinajstić information content (AvgIpc) is 3.24. The van der Waals surface area contributed by atoms with Crippen molar-refractivity contribution in [3.8, 4) is 6.07 Å². The van der Waals surface area contributed by atoms with E-state index in [1.165, 1.54) is 5.39 Å². The second-order valence-corrected chi connectivity index (χ2v) is 9.36. The van der Waals surface area contributed by atoms with Crippen molar-refractivity contribution in [3.63, 3.8) is 0 Å². The number of nitrogens with zero attached hydrogens (tertiary/aromatic N) is 3. The second kappa shape index (κ2) is 9.58. The van der Waals surface area contributed by atoms with Gasteiger partial charge in [0.1, 0.15) is 28.7 Å². The zero-order chi connectivity index (χ0) is 25.4. The van der Waals surface area contributed by atoms with Gasteiger partial charge in [0.15, 0.2) is 5.58 Å². The fourth-order valence-corrected chi connectivity index (χ4v) is 4.48. The number of allylic oxidation sites excluding steroid dienone is 6. The van der Waals surface area contributed by atoms with Crippen LogP contribution < -0.4 is 4.90 Å². The van der Waals surface area contributed by atoms with Gasteiger partial charge < -0.3 is 14.1 Å². The Morgan fingerprint density at radius 3 is 2.50 bits per heavy atom. The molecule has 0 aliphatic carbocycles. The molecule has 0 unspecified atom stereocenters. The van der Waals surface area contributed by atoms with Crippen LogP contribution in [0.5, 0.6) is 0 Å². The van der Waals surface area contributed by atoms with E-state index in [0.717, 1.165) is 16.6 Å². The molecular formula is C29H21Cl2N3O2. The van der Waals surface area contributed by atoms with Gasteiger partial charge in [-0.25, -0.2) is 4.98 Å². The summed E-state index contributed by atoms with van der Waals surface area (Å²) in [6.45, 7) is 1.84. The summed E-state index contributed by atoms with van der Waals surface area (Å²) in [6, 6.07) is 17.9. The molecule has 3 aromatic carbocycles. The highest BCUT2D eigenvalue weighted by atomic mass is 35.5. The number of anilines is 1. The molecule has 0 N–H and O–H groups in total. The number of benzene rings is 3. The Bertz CT molecular complexity index is 1650. The first kappa shape index (κ1) is 23.7. The first-order valence-electron chi connectivity index (χ1n) is 11.2. The van der Waals surface area contributed by atoms with E-state index in [9.17, 15) is 5.26 Å². The Morgan fingerprint density at radius 1 is 1.00 bits per heavy atom. The van der Waals surface area contributed by atoms with Crippen molar-refractivity contribution in [2.24, 2.45) is 0 Å². The van der Waals surface area contributed by atoms with Gasteiger partial charge in [-0.3, -0.25) is 0 Å². The highest BCUT2D eigenvalue weighted by Gasteiger charge is 2.18. The number of ether oxygens (including phenoxy) is 1. The van der Waals surface area contributed by atoms with E-state index >= 15 is 0 Å². The van der Waals surface area contributed by atoms with Crippen LogP contribution in [0.1, 0.15) is 18.4 Å². The van der Waals surface area contributed by atoms with Crippen LogP contribution in [0.15, 0.2) is 88.3 Å². The zero-order valence-electron chi connectivity index (χ0n) is 19.8. The molecule has 1 aromatic heterocycles. The van der Waals surface area contributed by atoms with Gasteiger partial charge in [-0.2, -0.15) is 5.26 Å². The number of oxazole rings is 1. The summed E-state index contributed by atoms with van der Waals surface area (Å²) in [5, 5.41) is 13.0. The molecule has 5 nitrogen and oxygen atoms in total. The monoisotopic (exact) mass is 513 g/mol. The smallest absolute Gasteiger partial charge is 0.238 e. The maximum absolute atomic E-state index is 9.95. The number of hydrogen-bond acceptors (Lipinski definition) is 5. The maximum atomic E-state index is 9.95. The van der Waals surface area contributed by atoms with E-state index in [-0.39, 0.29) is 11.5 Å². The molecule has 36 heavy (non-hydrogen) atoms. The number of fused-ring (bicyclic) bond motifs is 2. The molecule has 4 aromatic rings. The Balaban J connectivity index is 1.55. The van der Waals surface area contributed by atoms with Gasteiger partial charge >= 0.3 is 0 Å². The summed E-state index contributed by atoms with van der Waals surface area (Å²) in [7, 11) is 4.07. The van der Waals surface area contributed by atoms with Crippen LogP contribution in [0.3, 0.4) is 0 Å². The summed E-state index contributed by atoms with van der Waals surface area (Å²) in [5.74, 6) is 1.44. The molecule has 0 fully saturated rings. The van der Waals surface area contributed by atoms with Crippen LogP contribution in [0.4, 0.5) is 5.69 Å². The first-order chi connectivity index (χ1) is 17.3. The predicted octanol–water partition coefficient (Wildman–Crippen LogP) is 8.16. The van der Waals surface area contributed by atoms with Gasteiger partial charge in [-0.1, -0.05) is 59.6 Å². The van der Waals surface area contributed by atoms with Crippen molar-refractivity contribution in [2.45, 2.75) is 6.92 Å². The van der Waals surface area contributed by atoms with Crippen LogP contribution in [0.25, 0.3) is 33.5 Å². The lowest BCUT2D eigenvalue weighted by molar-refractivity contribution is 0.318. The zero-order valence-corrected chi connectivity index (χ0v) is 21.4. The van der Waals surface area contributed by atoms with E-state index in [2.05, 4.69) is 40.2 Å². The quantitative estimate of drug-likeness (QED) is 0.257. The van der Waals surface area contributed by atoms with Crippen molar-refractivity contribution in [2.75, 3.05) is 19.0 Å². The number of aromatic nitrogens is 1. The van der Waals surface area contributed by atoms with Gasteiger partial charge in [-0.05, 0) is 48.2 Å². The molecular weight excluding hydrogens is 493 g/mol. The van der Waals surface area contributed by atoms with Gasteiger partial charge in [0.25, 0.3) is 0 Å². The third kappa shape index (κ3) is 4.49. The molecule has 178 valence electrons. The van der Waals surface area contributed by atoms with Crippen LogP contribution in [0, 0.1) is 11.3 Å². The molecule has 0 radical (unpaired) electrons. The lowest BCUT2D eigenvalue weighted by Crippen LogP contribution is -2.09. The second-order valence-electron chi connectivity index (χ2n) is 8.55. The summed E-state index contributed by atoms with van der Waals surface area (Å²) in [4.78, 5) is 6.55. The predicted molar refractivity (Wildman–Crippen MR) is 147 cm³/mol. The van der Waals surface area contributed by atoms with Gasteiger partial charge in [0.2, 0.25) is 5.89 Å². The topological polar surface area (TPSA) is 62.3 Å². The number of nitriles is 1. The molecule has 0 amide bonds. The standard InChI is InChI=1S/C29H21Cl2N3O2/c1-17-12-19(23(16-32)29-33-26-14-24(30)25(31)15-28(26)36-29)13-20(35-17)10-8-18-9-11-27(34(2)3)22-7-5-4-6-21(18)22/h4-15H,1-3H3/b10-8?,23-19+. The minimum Gasteiger partial charge on any atom is -0.462 e. The van der Waals surface area contributed by atoms with E-state index in [1.807, 2.05) is 45.3 Å². The molecule has 7 heteroatoms. The lowest BCUT2D eigenvalue weighted by atomic mass is 10.0. The molecule has 1 aliphatic heterocycles. The molecule has 1 aliphatic rings. The van der Waals surface area contributed by atoms with Crippen molar-refractivity contribution >= 4 is 62.4 Å². The van der Waals surface area contributed by atoms with E-state index in [1.54, 1.807) is 24.3 Å². The molecule has 2 heterocycles. The fourth-order valence-electron chi connectivity index (χ4n) is 4.17. The van der Waals surface area contributed by atoms with Gasteiger partial charge in [-0.15, -0.1) is 0 Å². The fraction of sp³-hybridized carbons (Fsp3) is 0.103. The Hall–Kier alpha value is -3.98. The minimum atomic E-state index is 0.191. The normalized spacial score (nSPS) is 15.0. The third-order valence-electron chi connectivity index (χ3n) is 5.82. The molecule has 0 atom stereocenters. The Morgan fingerprint density at radius 2 is 1.75 bits per heavy atom. The van der Waals surface area contributed by atoms with Crippen LogP contribution in [-0.2, 0) is 4.74 Å². The van der Waals surface area contributed by atoms with E-state index in [4.69, 9.17) is 32.4 Å². The Kier molecular flexibility index (Phi) is 6.32. The van der Waals surface area contributed by atoms with Crippen LogP contribution >= 0.6 is 23.2 Å². The summed E-state index contributed by atoms with van der Waals surface area (Å²) in [5.41, 5.74) is 4.12. The maximum Gasteiger partial charge on any atom is 0.238 e. The summed E-state index contributed by atoms with van der Waals surface area (Å²) in [6.07, 6.45) is 7.49. The van der Waals surface area contributed by atoms with Crippen molar-refractivity contribution in [1.29, 1.82) is 5.26 Å². The van der Waals surface area contributed by atoms with E-state index in [0.29, 0.717) is 38.2 Å². The highest BCUT2D eigenvalue weighted by Crippen LogP contribution is 2.33. The third-order valence-corrected chi connectivity index (χ3v) is 6.55. The highest BCUT2D eigenvalue weighted by molar-refractivity contribution is 6.42. The van der Waals surface area contributed by atoms with Crippen LogP contribution in [-0.4, -0.2) is 19.1 Å². The van der Waals surface area contributed by atoms with Crippen molar-refractivity contribution in [1.82, 2.24) is 4.98 Å². The van der Waals surface area contributed by atoms with Crippen molar-refractivity contribution < 1.29 is 9.15 Å². The summed E-state index contributed by atoms with van der Waals surface area (Å²) >= 11 is 12.2. The van der Waals surface area contributed by atoms with Gasteiger partial charge in [0, 0.05) is 36.8 Å². The molecule has 5 rings (SSSR count). The Labute approximate surface area is 218 Å². The number of hydrogen-bond donors (Lipinski definition) is 0. The molecule has 0 bridgehead atoms. The molecule has 0 spiro atoms. The number of halogens is 2. The average molecular weight is 514 g/mol. The SMILES string of the molecule is CC1=C/C(=C(/C#N)c2nc3cc(Cl)c(Cl)cc3o2)C=C(C=Cc2ccc(N(C)C)c3ccccc23)O1. The van der Waals surface area contributed by atoms with Crippen LogP contribution in [0.2, 0.25) is 10.0 Å². The molecule has 0 saturated heterocycles. The first-order valence-corrected chi connectivity index (χ1v) is 11.9. The lowest BCUT2D eigenvalue weighted by Gasteiger charge is -2.17. The van der Waals surface area contributed by atoms with E-state index < -0.39 is 0 Å². The summed E-state index contributed by atoms with van der Waals surface area (Å²) < 4.78 is 11.8. The minimum absolute atomic E-state index is 0.191. The van der Waals surface area contributed by atoms with Crippen molar-refractivity contribution in [3.05, 3.63) is 105 Å². The molecule has 0 saturated carbocycles. The number of rotatable bonds is 4. The van der Waals surface area contributed by atoms with Gasteiger partial charge in [0.05, 0.1) is 10.0 Å².